The number of carbonyl (C=O) groups excluding carboxylic acids is 2. The van der Waals surface area contributed by atoms with E-state index in [0.29, 0.717) is 12.5 Å². The van der Waals surface area contributed by atoms with Crippen molar-refractivity contribution < 1.29 is 33.3 Å². The van der Waals surface area contributed by atoms with Crippen molar-refractivity contribution in [3.05, 3.63) is 24.3 Å². The number of hydrogen-bond acceptors (Lipinski definition) is 7. The van der Waals surface area contributed by atoms with Crippen LogP contribution in [0.4, 0.5) is 0 Å². The van der Waals surface area contributed by atoms with Crippen LogP contribution in [0.25, 0.3) is 0 Å². The van der Waals surface area contributed by atoms with E-state index in [2.05, 4.69) is 20.1 Å². The summed E-state index contributed by atoms with van der Waals surface area (Å²) in [7, 11) is 1.52. The second kappa shape index (κ2) is 20.4. The van der Waals surface area contributed by atoms with Gasteiger partial charge in [-0.3, -0.25) is 0 Å². The molecule has 0 spiro atoms. The second-order valence-electron chi connectivity index (χ2n) is 13.4. The minimum Gasteiger partial charge on any atom is -0.462 e. The lowest BCUT2D eigenvalue weighted by atomic mass is 9.68. The standard InChI is InChI=1S/C36H60O7/c1-5-6-7-10-29-14-18-32(19-15-29)33-20-16-30(17-21-33)12-13-31(25-42-35(37)27(2)23-39-4)26-43-36(38)28(3)24-41-34-11-8-9-22-40-34/h29-34H,2-3,5-26H2,1,4H3. The highest BCUT2D eigenvalue weighted by molar-refractivity contribution is 5.88. The van der Waals surface area contributed by atoms with E-state index in [9.17, 15) is 9.59 Å². The average Bonchev–Trinajstić information content (AvgIpc) is 3.04. The van der Waals surface area contributed by atoms with Gasteiger partial charge in [-0.15, -0.1) is 0 Å². The lowest BCUT2D eigenvalue weighted by Gasteiger charge is -2.38. The van der Waals surface area contributed by atoms with Crippen molar-refractivity contribution >= 4 is 11.9 Å². The van der Waals surface area contributed by atoms with Crippen LogP contribution in [0.3, 0.4) is 0 Å². The number of ether oxygens (including phenoxy) is 5. The van der Waals surface area contributed by atoms with Crippen LogP contribution in [0.2, 0.25) is 0 Å². The monoisotopic (exact) mass is 604 g/mol. The molecule has 2 saturated carbocycles. The van der Waals surface area contributed by atoms with Gasteiger partial charge in [0, 0.05) is 19.6 Å². The van der Waals surface area contributed by atoms with E-state index < -0.39 is 11.9 Å². The molecule has 3 rings (SSSR count). The van der Waals surface area contributed by atoms with E-state index in [-0.39, 0.29) is 49.8 Å². The third kappa shape index (κ3) is 13.4. The van der Waals surface area contributed by atoms with Crippen molar-refractivity contribution in [1.82, 2.24) is 0 Å². The molecule has 7 heteroatoms. The fourth-order valence-electron chi connectivity index (χ4n) is 7.19. The molecule has 3 fully saturated rings. The second-order valence-corrected chi connectivity index (χ2v) is 13.4. The van der Waals surface area contributed by atoms with Gasteiger partial charge < -0.3 is 23.7 Å². The Hall–Kier alpha value is -1.70. The topological polar surface area (TPSA) is 80.3 Å². The molecular weight excluding hydrogens is 544 g/mol. The van der Waals surface area contributed by atoms with Crippen LogP contribution in [-0.2, 0) is 33.3 Å². The zero-order valence-electron chi connectivity index (χ0n) is 27.3. The van der Waals surface area contributed by atoms with Crippen molar-refractivity contribution in [3.63, 3.8) is 0 Å². The first-order valence-electron chi connectivity index (χ1n) is 17.3. The van der Waals surface area contributed by atoms with Crippen LogP contribution in [-0.4, -0.2) is 58.4 Å². The molecule has 0 amide bonds. The van der Waals surface area contributed by atoms with Crippen molar-refractivity contribution in [2.75, 3.05) is 40.1 Å². The quantitative estimate of drug-likeness (QED) is 0.0840. The molecule has 0 aromatic carbocycles. The van der Waals surface area contributed by atoms with Crippen LogP contribution < -0.4 is 0 Å². The number of esters is 2. The summed E-state index contributed by atoms with van der Waals surface area (Å²) < 4.78 is 27.4. The van der Waals surface area contributed by atoms with Gasteiger partial charge in [-0.1, -0.05) is 71.4 Å². The maximum Gasteiger partial charge on any atom is 0.335 e. The van der Waals surface area contributed by atoms with E-state index in [1.807, 2.05) is 0 Å². The van der Waals surface area contributed by atoms with Gasteiger partial charge in [-0.05, 0) is 81.5 Å². The minimum absolute atomic E-state index is 0.0839. The molecule has 0 bridgehead atoms. The fourth-order valence-corrected chi connectivity index (χ4v) is 7.19. The van der Waals surface area contributed by atoms with Gasteiger partial charge in [0.25, 0.3) is 0 Å². The number of hydrogen-bond donors (Lipinski definition) is 0. The molecule has 2 aliphatic carbocycles. The Morgan fingerprint density at radius 2 is 1.35 bits per heavy atom. The smallest absolute Gasteiger partial charge is 0.335 e. The Labute approximate surface area is 261 Å². The van der Waals surface area contributed by atoms with Crippen LogP contribution in [0.15, 0.2) is 24.3 Å². The summed E-state index contributed by atoms with van der Waals surface area (Å²) in [4.78, 5) is 25.0. The van der Waals surface area contributed by atoms with E-state index in [4.69, 9.17) is 23.7 Å². The fraction of sp³-hybridized carbons (Fsp3) is 0.833. The largest absolute Gasteiger partial charge is 0.462 e. The molecule has 1 aliphatic heterocycles. The zero-order chi connectivity index (χ0) is 30.9. The van der Waals surface area contributed by atoms with Gasteiger partial charge in [0.05, 0.1) is 37.6 Å². The van der Waals surface area contributed by atoms with E-state index in [1.165, 1.54) is 84.2 Å². The zero-order valence-corrected chi connectivity index (χ0v) is 27.3. The van der Waals surface area contributed by atoms with E-state index in [0.717, 1.165) is 49.9 Å². The molecular formula is C36H60O7. The van der Waals surface area contributed by atoms with E-state index >= 15 is 0 Å². The molecule has 3 aliphatic rings. The molecule has 1 saturated heterocycles. The number of methoxy groups -OCH3 is 1. The summed E-state index contributed by atoms with van der Waals surface area (Å²) in [5.41, 5.74) is 0.550. The van der Waals surface area contributed by atoms with Gasteiger partial charge in [0.15, 0.2) is 6.29 Å². The average molecular weight is 605 g/mol. The predicted molar refractivity (Wildman–Crippen MR) is 169 cm³/mol. The Balaban J connectivity index is 1.40. The molecule has 0 radical (unpaired) electrons. The molecule has 246 valence electrons. The number of carbonyl (C=O) groups is 2. The van der Waals surface area contributed by atoms with Crippen molar-refractivity contribution in [2.45, 2.75) is 122 Å². The van der Waals surface area contributed by atoms with Crippen LogP contribution in [0.5, 0.6) is 0 Å². The first kappa shape index (κ1) is 35.8. The third-order valence-corrected chi connectivity index (χ3v) is 10.0. The maximum absolute atomic E-state index is 12.6. The van der Waals surface area contributed by atoms with Gasteiger partial charge in [0.1, 0.15) is 0 Å². The first-order valence-corrected chi connectivity index (χ1v) is 17.3. The Bertz CT molecular complexity index is 833. The molecule has 0 aromatic heterocycles. The van der Waals surface area contributed by atoms with Crippen molar-refractivity contribution in [3.8, 4) is 0 Å². The molecule has 7 nitrogen and oxygen atoms in total. The van der Waals surface area contributed by atoms with Crippen LogP contribution >= 0.6 is 0 Å². The lowest BCUT2D eigenvalue weighted by Crippen LogP contribution is -2.27. The van der Waals surface area contributed by atoms with Crippen LogP contribution in [0.1, 0.15) is 116 Å². The minimum atomic E-state index is -0.475. The summed E-state index contributed by atoms with van der Waals surface area (Å²) in [5.74, 6) is 2.45. The summed E-state index contributed by atoms with van der Waals surface area (Å²) in [5, 5.41) is 0. The number of unbranched alkanes of at least 4 members (excludes halogenated alkanes) is 2. The van der Waals surface area contributed by atoms with Crippen LogP contribution in [0, 0.1) is 29.6 Å². The van der Waals surface area contributed by atoms with Crippen molar-refractivity contribution in [1.29, 1.82) is 0 Å². The molecule has 0 aromatic rings. The lowest BCUT2D eigenvalue weighted by molar-refractivity contribution is -0.161. The van der Waals surface area contributed by atoms with Gasteiger partial charge in [-0.25, -0.2) is 9.59 Å². The van der Waals surface area contributed by atoms with Crippen molar-refractivity contribution in [2.24, 2.45) is 29.6 Å². The molecule has 1 heterocycles. The Kier molecular flexibility index (Phi) is 16.9. The Morgan fingerprint density at radius 1 is 0.767 bits per heavy atom. The molecule has 2 atom stereocenters. The van der Waals surface area contributed by atoms with Gasteiger partial charge in [-0.2, -0.15) is 0 Å². The molecule has 0 N–H and O–H groups in total. The summed E-state index contributed by atoms with van der Waals surface area (Å²) in [6.07, 6.45) is 21.1. The summed E-state index contributed by atoms with van der Waals surface area (Å²) in [6.45, 7) is 11.2. The highest BCUT2D eigenvalue weighted by Crippen LogP contribution is 2.43. The number of rotatable bonds is 19. The van der Waals surface area contributed by atoms with E-state index in [1.54, 1.807) is 0 Å². The van der Waals surface area contributed by atoms with Gasteiger partial charge in [0.2, 0.25) is 0 Å². The normalized spacial score (nSPS) is 26.8. The molecule has 43 heavy (non-hydrogen) atoms. The summed E-state index contributed by atoms with van der Waals surface area (Å²) in [6, 6.07) is 0. The Morgan fingerprint density at radius 3 is 1.88 bits per heavy atom. The predicted octanol–water partition coefficient (Wildman–Crippen LogP) is 7.96. The highest BCUT2D eigenvalue weighted by atomic mass is 16.7. The SMILES string of the molecule is C=C(COC)C(=O)OCC(CCC1CCC(C2CCC(CCCCC)CC2)CC1)COC(=O)C(=C)COC1CCCCO1. The maximum atomic E-state index is 12.6. The first-order chi connectivity index (χ1) is 20.9. The molecule has 2 unspecified atom stereocenters. The summed E-state index contributed by atoms with van der Waals surface area (Å²) >= 11 is 0. The highest BCUT2D eigenvalue weighted by Gasteiger charge is 2.31. The van der Waals surface area contributed by atoms with Gasteiger partial charge >= 0.3 is 11.9 Å². The third-order valence-electron chi connectivity index (χ3n) is 10.0.